The molecule has 1 unspecified atom stereocenters. The quantitative estimate of drug-likeness (QED) is 0.580. The number of nitro groups is 1. The standard InChI is InChI=1S/C20H20N2O6/c23-19(15-9-16(20(24)25)11-17(10-15)22(26)27)21(13-18-7-4-8-28-18)12-14-5-2-1-3-6-14/h1-3,5-6,9-11,18H,4,7-8,12-13H2,(H,24,25). The first kappa shape index (κ1) is 19.5. The first-order chi connectivity index (χ1) is 13.4. The number of aromatic carboxylic acids is 1. The number of hydrogen-bond donors (Lipinski definition) is 1. The zero-order valence-electron chi connectivity index (χ0n) is 15.1. The van der Waals surface area contributed by atoms with Crippen LogP contribution in [0.2, 0.25) is 0 Å². The fraction of sp³-hybridized carbons (Fsp3) is 0.300. The van der Waals surface area contributed by atoms with Crippen molar-refractivity contribution in [2.75, 3.05) is 13.2 Å². The molecule has 2 aromatic rings. The molecule has 0 spiro atoms. The zero-order valence-corrected chi connectivity index (χ0v) is 15.1. The monoisotopic (exact) mass is 384 g/mol. The summed E-state index contributed by atoms with van der Waals surface area (Å²) in [5, 5.41) is 20.4. The maximum atomic E-state index is 13.1. The van der Waals surface area contributed by atoms with Crippen LogP contribution in [0, 0.1) is 10.1 Å². The Bertz CT molecular complexity index is 845. The Hall–Kier alpha value is -3.26. The van der Waals surface area contributed by atoms with Crippen molar-refractivity contribution in [1.82, 2.24) is 4.90 Å². The molecule has 1 atom stereocenters. The molecule has 0 radical (unpaired) electrons. The summed E-state index contributed by atoms with van der Waals surface area (Å²) >= 11 is 0. The maximum absolute atomic E-state index is 13.1. The molecule has 8 nitrogen and oxygen atoms in total. The highest BCUT2D eigenvalue weighted by atomic mass is 16.6. The average Bonchev–Trinajstić information content (AvgIpc) is 3.20. The summed E-state index contributed by atoms with van der Waals surface area (Å²) in [6, 6.07) is 12.6. The topological polar surface area (TPSA) is 110 Å². The number of hydrogen-bond acceptors (Lipinski definition) is 5. The zero-order chi connectivity index (χ0) is 20.1. The molecule has 1 saturated heterocycles. The van der Waals surface area contributed by atoms with E-state index in [2.05, 4.69) is 0 Å². The second-order valence-electron chi connectivity index (χ2n) is 6.64. The molecule has 1 aliphatic heterocycles. The van der Waals surface area contributed by atoms with Crippen molar-refractivity contribution >= 4 is 17.6 Å². The minimum atomic E-state index is -1.33. The van der Waals surface area contributed by atoms with Crippen molar-refractivity contribution in [1.29, 1.82) is 0 Å². The van der Waals surface area contributed by atoms with Crippen molar-refractivity contribution in [3.63, 3.8) is 0 Å². The second kappa shape index (κ2) is 8.62. The van der Waals surface area contributed by atoms with Crippen molar-refractivity contribution in [3.05, 3.63) is 75.3 Å². The molecule has 8 heteroatoms. The summed E-state index contributed by atoms with van der Waals surface area (Å²) in [5.41, 5.74) is 0.146. The molecule has 146 valence electrons. The first-order valence-corrected chi connectivity index (χ1v) is 8.91. The van der Waals surface area contributed by atoms with Crippen LogP contribution in [0.3, 0.4) is 0 Å². The molecule has 28 heavy (non-hydrogen) atoms. The van der Waals surface area contributed by atoms with Gasteiger partial charge in [-0.15, -0.1) is 0 Å². The van der Waals surface area contributed by atoms with Crippen LogP contribution in [0.4, 0.5) is 5.69 Å². The molecule has 3 rings (SSSR count). The van der Waals surface area contributed by atoms with Crippen molar-refractivity contribution in [2.24, 2.45) is 0 Å². The molecule has 0 saturated carbocycles. The van der Waals surface area contributed by atoms with Gasteiger partial charge >= 0.3 is 5.97 Å². The van der Waals surface area contributed by atoms with E-state index in [9.17, 15) is 24.8 Å². The van der Waals surface area contributed by atoms with E-state index < -0.39 is 22.5 Å². The Morgan fingerprint density at radius 2 is 1.89 bits per heavy atom. The van der Waals surface area contributed by atoms with Crippen LogP contribution >= 0.6 is 0 Å². The Kier molecular flexibility index (Phi) is 6.00. The van der Waals surface area contributed by atoms with Crippen LogP contribution in [-0.4, -0.2) is 46.1 Å². The minimum Gasteiger partial charge on any atom is -0.478 e. The molecule has 1 heterocycles. The number of amides is 1. The third-order valence-electron chi connectivity index (χ3n) is 4.57. The van der Waals surface area contributed by atoms with E-state index in [1.807, 2.05) is 30.3 Å². The Morgan fingerprint density at radius 3 is 2.50 bits per heavy atom. The number of nitrogens with zero attached hydrogens (tertiary/aromatic N) is 2. The highest BCUT2D eigenvalue weighted by molar-refractivity contribution is 5.98. The molecular weight excluding hydrogens is 364 g/mol. The number of ether oxygens (including phenoxy) is 1. The van der Waals surface area contributed by atoms with Gasteiger partial charge in [-0.3, -0.25) is 14.9 Å². The summed E-state index contributed by atoms with van der Waals surface area (Å²) in [6.07, 6.45) is 1.64. The van der Waals surface area contributed by atoms with Gasteiger partial charge in [-0.25, -0.2) is 4.79 Å². The summed E-state index contributed by atoms with van der Waals surface area (Å²) in [6.45, 7) is 1.27. The van der Waals surface area contributed by atoms with E-state index in [1.165, 1.54) is 6.07 Å². The largest absolute Gasteiger partial charge is 0.478 e. The van der Waals surface area contributed by atoms with Gasteiger partial charge in [-0.1, -0.05) is 30.3 Å². The molecule has 0 aliphatic carbocycles. The highest BCUT2D eigenvalue weighted by Crippen LogP contribution is 2.22. The van der Waals surface area contributed by atoms with Crippen LogP contribution in [0.1, 0.15) is 39.1 Å². The highest BCUT2D eigenvalue weighted by Gasteiger charge is 2.26. The molecule has 0 aromatic heterocycles. The van der Waals surface area contributed by atoms with Crippen LogP contribution in [-0.2, 0) is 11.3 Å². The molecule has 1 N–H and O–H groups in total. The molecule has 1 amide bonds. The Morgan fingerprint density at radius 1 is 1.18 bits per heavy atom. The lowest BCUT2D eigenvalue weighted by Gasteiger charge is -2.26. The van der Waals surface area contributed by atoms with Crippen LogP contribution in [0.15, 0.2) is 48.5 Å². The van der Waals surface area contributed by atoms with Gasteiger partial charge in [0.2, 0.25) is 0 Å². The number of nitro benzene ring substituents is 1. The fourth-order valence-electron chi connectivity index (χ4n) is 3.20. The Balaban J connectivity index is 1.93. The lowest BCUT2D eigenvalue weighted by atomic mass is 10.1. The van der Waals surface area contributed by atoms with E-state index in [1.54, 1.807) is 4.90 Å². The third kappa shape index (κ3) is 4.72. The lowest BCUT2D eigenvalue weighted by molar-refractivity contribution is -0.384. The Labute approximate surface area is 161 Å². The van der Waals surface area contributed by atoms with Gasteiger partial charge in [0, 0.05) is 37.4 Å². The molecule has 2 aromatic carbocycles. The number of rotatable bonds is 7. The van der Waals surface area contributed by atoms with Gasteiger partial charge in [0.05, 0.1) is 16.6 Å². The number of carboxylic acids is 1. The average molecular weight is 384 g/mol. The summed E-state index contributed by atoms with van der Waals surface area (Å²) in [4.78, 5) is 36.5. The number of non-ortho nitro benzene ring substituents is 1. The molecule has 0 bridgehead atoms. The predicted molar refractivity (Wildman–Crippen MR) is 100 cm³/mol. The number of carboxylic acid groups (broad SMARTS) is 1. The van der Waals surface area contributed by atoms with Crippen LogP contribution in [0.25, 0.3) is 0 Å². The van der Waals surface area contributed by atoms with E-state index in [0.29, 0.717) is 19.7 Å². The fourth-order valence-corrected chi connectivity index (χ4v) is 3.20. The smallest absolute Gasteiger partial charge is 0.335 e. The SMILES string of the molecule is O=C(O)c1cc(C(=O)N(Cc2ccccc2)CC2CCCO2)cc([N+](=O)[O-])c1. The molecule has 1 fully saturated rings. The third-order valence-corrected chi connectivity index (χ3v) is 4.57. The van der Waals surface area contributed by atoms with E-state index in [4.69, 9.17) is 4.74 Å². The van der Waals surface area contributed by atoms with Gasteiger partial charge in [0.15, 0.2) is 0 Å². The van der Waals surface area contributed by atoms with Gasteiger partial charge in [0.1, 0.15) is 0 Å². The van der Waals surface area contributed by atoms with E-state index in [0.717, 1.165) is 30.5 Å². The van der Waals surface area contributed by atoms with Crippen molar-refractivity contribution < 1.29 is 24.4 Å². The summed E-state index contributed by atoms with van der Waals surface area (Å²) in [7, 11) is 0. The normalized spacial score (nSPS) is 15.9. The predicted octanol–water partition coefficient (Wildman–Crippen LogP) is 3.11. The summed E-state index contributed by atoms with van der Waals surface area (Å²) in [5.74, 6) is -1.79. The summed E-state index contributed by atoms with van der Waals surface area (Å²) < 4.78 is 5.63. The van der Waals surface area contributed by atoms with Gasteiger partial charge in [-0.2, -0.15) is 0 Å². The van der Waals surface area contributed by atoms with E-state index in [-0.39, 0.29) is 17.2 Å². The maximum Gasteiger partial charge on any atom is 0.335 e. The van der Waals surface area contributed by atoms with Crippen LogP contribution in [0.5, 0.6) is 0 Å². The lowest BCUT2D eigenvalue weighted by Crippen LogP contribution is -2.37. The van der Waals surface area contributed by atoms with Gasteiger partial charge in [-0.05, 0) is 24.5 Å². The second-order valence-corrected chi connectivity index (χ2v) is 6.64. The number of carbonyl (C=O) groups excluding carboxylic acids is 1. The molecular formula is C20H20N2O6. The number of carbonyl (C=O) groups is 2. The van der Waals surface area contributed by atoms with E-state index >= 15 is 0 Å². The van der Waals surface area contributed by atoms with Crippen molar-refractivity contribution in [3.8, 4) is 0 Å². The van der Waals surface area contributed by atoms with Gasteiger partial charge in [0.25, 0.3) is 11.6 Å². The molecule has 1 aliphatic rings. The van der Waals surface area contributed by atoms with Crippen LogP contribution < -0.4 is 0 Å². The number of benzene rings is 2. The minimum absolute atomic E-state index is 0.0273. The van der Waals surface area contributed by atoms with Crippen molar-refractivity contribution in [2.45, 2.75) is 25.5 Å². The van der Waals surface area contributed by atoms with Gasteiger partial charge < -0.3 is 14.7 Å². The first-order valence-electron chi connectivity index (χ1n) is 8.91.